The maximum Gasteiger partial charge on any atom is 0.0471 e. The van der Waals surface area contributed by atoms with Gasteiger partial charge in [0.2, 0.25) is 0 Å². The number of hydrogen-bond donors (Lipinski definition) is 2. The second-order valence-electron chi connectivity index (χ2n) is 7.95. The first-order chi connectivity index (χ1) is 13.8. The van der Waals surface area contributed by atoms with Crippen LogP contribution >= 0.6 is 0 Å². The van der Waals surface area contributed by atoms with Crippen molar-refractivity contribution in [1.29, 1.82) is 0 Å². The van der Waals surface area contributed by atoms with Crippen LogP contribution in [0.2, 0.25) is 0 Å². The van der Waals surface area contributed by atoms with Crippen LogP contribution in [0.15, 0.2) is 72.8 Å². The third-order valence-corrected chi connectivity index (χ3v) is 6.41. The van der Waals surface area contributed by atoms with E-state index in [-0.39, 0.29) is 0 Å². The summed E-state index contributed by atoms with van der Waals surface area (Å²) < 4.78 is 0. The van der Waals surface area contributed by atoms with E-state index >= 15 is 0 Å². The summed E-state index contributed by atoms with van der Waals surface area (Å²) in [6.07, 6.45) is 2.21. The standard InChI is InChI=1S/C26H18N2/c1-3-7-23-17(5-1)21-11-15-9-10-16-12-22-18-6-2-4-8-24(18)28-26(22)14-20(16)19(15)13-25(21)27-23/h1-8,11-14,27-28H,9-10H2. The molecule has 7 rings (SSSR count). The number of para-hydroxylation sites is 2. The molecule has 6 aromatic rings. The number of rotatable bonds is 0. The van der Waals surface area contributed by atoms with Crippen LogP contribution in [0.1, 0.15) is 11.1 Å². The molecule has 132 valence electrons. The summed E-state index contributed by atoms with van der Waals surface area (Å²) in [6.45, 7) is 0. The number of H-pyrrole nitrogens is 2. The lowest BCUT2D eigenvalue weighted by Gasteiger charge is -2.20. The van der Waals surface area contributed by atoms with Gasteiger partial charge in [0, 0.05) is 43.6 Å². The Labute approximate surface area is 161 Å². The molecule has 4 aromatic carbocycles. The van der Waals surface area contributed by atoms with Crippen molar-refractivity contribution in [2.45, 2.75) is 12.8 Å². The minimum atomic E-state index is 1.10. The van der Waals surface area contributed by atoms with Crippen molar-refractivity contribution in [2.24, 2.45) is 0 Å². The number of aromatic nitrogens is 2. The van der Waals surface area contributed by atoms with Gasteiger partial charge in [0.15, 0.2) is 0 Å². The zero-order valence-electron chi connectivity index (χ0n) is 15.3. The molecule has 2 heterocycles. The number of aryl methyl sites for hydroxylation is 2. The topological polar surface area (TPSA) is 31.6 Å². The fraction of sp³-hybridized carbons (Fsp3) is 0.0769. The normalized spacial score (nSPS) is 13.4. The maximum atomic E-state index is 3.61. The first-order valence-electron chi connectivity index (χ1n) is 9.92. The zero-order valence-corrected chi connectivity index (χ0v) is 15.3. The quantitative estimate of drug-likeness (QED) is 0.302. The van der Waals surface area contributed by atoms with Crippen molar-refractivity contribution in [3.63, 3.8) is 0 Å². The van der Waals surface area contributed by atoms with Gasteiger partial charge in [-0.3, -0.25) is 0 Å². The summed E-state index contributed by atoms with van der Waals surface area (Å²) in [5.41, 5.74) is 10.5. The van der Waals surface area contributed by atoms with Gasteiger partial charge in [0.25, 0.3) is 0 Å². The molecule has 2 nitrogen and oxygen atoms in total. The predicted octanol–water partition coefficient (Wildman–Crippen LogP) is 6.72. The Hall–Kier alpha value is -3.52. The van der Waals surface area contributed by atoms with Gasteiger partial charge in [-0.2, -0.15) is 0 Å². The van der Waals surface area contributed by atoms with Crippen LogP contribution in [0.3, 0.4) is 0 Å². The van der Waals surface area contributed by atoms with E-state index < -0.39 is 0 Å². The van der Waals surface area contributed by atoms with E-state index in [1.807, 2.05) is 0 Å². The zero-order chi connectivity index (χ0) is 18.2. The monoisotopic (exact) mass is 358 g/mol. The molecule has 1 aliphatic rings. The van der Waals surface area contributed by atoms with Crippen molar-refractivity contribution in [3.05, 3.63) is 83.9 Å². The summed E-state index contributed by atoms with van der Waals surface area (Å²) in [7, 11) is 0. The van der Waals surface area contributed by atoms with E-state index in [0.717, 1.165) is 12.8 Å². The van der Waals surface area contributed by atoms with Crippen molar-refractivity contribution in [3.8, 4) is 11.1 Å². The lowest BCUT2D eigenvalue weighted by atomic mass is 9.84. The molecular formula is C26H18N2. The predicted molar refractivity (Wildman–Crippen MR) is 118 cm³/mol. The first-order valence-corrected chi connectivity index (χ1v) is 9.92. The van der Waals surface area contributed by atoms with Gasteiger partial charge in [-0.25, -0.2) is 0 Å². The van der Waals surface area contributed by atoms with Gasteiger partial charge in [-0.15, -0.1) is 0 Å². The van der Waals surface area contributed by atoms with E-state index in [9.17, 15) is 0 Å². The highest BCUT2D eigenvalue weighted by atomic mass is 14.7. The molecule has 0 radical (unpaired) electrons. The molecule has 0 aliphatic heterocycles. The highest BCUT2D eigenvalue weighted by Crippen LogP contribution is 2.40. The van der Waals surface area contributed by atoms with Crippen LogP contribution in [0, 0.1) is 0 Å². The second-order valence-corrected chi connectivity index (χ2v) is 7.95. The van der Waals surface area contributed by atoms with Gasteiger partial charge in [0.1, 0.15) is 0 Å². The third kappa shape index (κ3) is 1.82. The first kappa shape index (κ1) is 14.5. The molecule has 0 bridgehead atoms. The largest absolute Gasteiger partial charge is 0.354 e. The van der Waals surface area contributed by atoms with Crippen molar-refractivity contribution in [1.82, 2.24) is 9.97 Å². The molecule has 1 aliphatic carbocycles. The molecule has 0 fully saturated rings. The molecule has 0 saturated heterocycles. The van der Waals surface area contributed by atoms with Crippen LogP contribution in [0.25, 0.3) is 54.7 Å². The van der Waals surface area contributed by atoms with E-state index in [4.69, 9.17) is 0 Å². The summed E-state index contributed by atoms with van der Waals surface area (Å²) in [5.74, 6) is 0. The fourth-order valence-corrected chi connectivity index (χ4v) is 5.07. The average molecular weight is 358 g/mol. The number of fused-ring (bicyclic) bond motifs is 9. The molecule has 0 atom stereocenters. The fourth-order valence-electron chi connectivity index (χ4n) is 5.07. The minimum Gasteiger partial charge on any atom is -0.354 e. The Balaban J connectivity index is 1.54. The van der Waals surface area contributed by atoms with Gasteiger partial charge < -0.3 is 9.97 Å². The van der Waals surface area contributed by atoms with Crippen LogP contribution in [-0.4, -0.2) is 9.97 Å². The van der Waals surface area contributed by atoms with E-state index in [2.05, 4.69) is 82.8 Å². The minimum absolute atomic E-state index is 1.10. The van der Waals surface area contributed by atoms with Crippen molar-refractivity contribution in [2.75, 3.05) is 0 Å². The summed E-state index contributed by atoms with van der Waals surface area (Å²) in [6, 6.07) is 26.7. The summed E-state index contributed by atoms with van der Waals surface area (Å²) in [4.78, 5) is 7.22. The van der Waals surface area contributed by atoms with E-state index in [1.165, 1.54) is 65.9 Å². The Kier molecular flexibility index (Phi) is 2.62. The molecule has 2 heteroatoms. The third-order valence-electron chi connectivity index (χ3n) is 6.41. The van der Waals surface area contributed by atoms with Gasteiger partial charge in [0.05, 0.1) is 0 Å². The van der Waals surface area contributed by atoms with Gasteiger partial charge >= 0.3 is 0 Å². The lowest BCUT2D eigenvalue weighted by Crippen LogP contribution is -2.04. The molecular weight excluding hydrogens is 340 g/mol. The number of benzene rings is 4. The lowest BCUT2D eigenvalue weighted by molar-refractivity contribution is 0.946. The molecule has 0 unspecified atom stereocenters. The van der Waals surface area contributed by atoms with E-state index in [0.29, 0.717) is 0 Å². The van der Waals surface area contributed by atoms with Crippen LogP contribution in [-0.2, 0) is 12.8 Å². The SMILES string of the molecule is c1ccc2c(c1)[nH]c1cc3c(cc12)CCc1cc2c(cc1-3)[nH]c1ccccc12. The Morgan fingerprint density at radius 3 is 1.43 bits per heavy atom. The highest BCUT2D eigenvalue weighted by molar-refractivity contribution is 6.11. The summed E-state index contributed by atoms with van der Waals surface area (Å²) in [5, 5.41) is 5.31. The highest BCUT2D eigenvalue weighted by Gasteiger charge is 2.20. The van der Waals surface area contributed by atoms with E-state index in [1.54, 1.807) is 0 Å². The van der Waals surface area contributed by atoms with Crippen LogP contribution in [0.5, 0.6) is 0 Å². The average Bonchev–Trinajstić information content (AvgIpc) is 3.28. The molecule has 0 spiro atoms. The molecule has 2 N–H and O–H groups in total. The number of hydrogen-bond acceptors (Lipinski definition) is 0. The Morgan fingerprint density at radius 1 is 0.464 bits per heavy atom. The summed E-state index contributed by atoms with van der Waals surface area (Å²) >= 11 is 0. The van der Waals surface area contributed by atoms with Crippen molar-refractivity contribution < 1.29 is 0 Å². The van der Waals surface area contributed by atoms with Crippen LogP contribution < -0.4 is 0 Å². The smallest absolute Gasteiger partial charge is 0.0471 e. The molecule has 0 amide bonds. The number of aromatic amines is 2. The van der Waals surface area contributed by atoms with Gasteiger partial charge in [-0.05, 0) is 71.5 Å². The molecule has 0 saturated carbocycles. The maximum absolute atomic E-state index is 3.61. The van der Waals surface area contributed by atoms with Gasteiger partial charge in [-0.1, -0.05) is 36.4 Å². The van der Waals surface area contributed by atoms with Crippen molar-refractivity contribution >= 4 is 43.6 Å². The molecule has 2 aromatic heterocycles. The number of nitrogens with one attached hydrogen (secondary N) is 2. The Bertz CT molecular complexity index is 1440. The Morgan fingerprint density at radius 2 is 0.929 bits per heavy atom. The molecule has 28 heavy (non-hydrogen) atoms. The second kappa shape index (κ2) is 5.05. The van der Waals surface area contributed by atoms with Crippen LogP contribution in [0.4, 0.5) is 0 Å².